The van der Waals surface area contributed by atoms with Crippen molar-refractivity contribution < 1.29 is 9.90 Å². The van der Waals surface area contributed by atoms with E-state index in [1.165, 1.54) is 6.92 Å². The fourth-order valence-electron chi connectivity index (χ4n) is 1.01. The monoisotopic (exact) mass is 227 g/mol. The van der Waals surface area contributed by atoms with Crippen LogP contribution in [0.4, 0.5) is 0 Å². The molecule has 5 nitrogen and oxygen atoms in total. The number of aliphatic carboxylic acids is 1. The molecule has 1 atom stereocenters. The number of carboxylic acid groups (broad SMARTS) is 1. The number of nitrogens with zero attached hydrogens (tertiary/aromatic N) is 1. The van der Waals surface area contributed by atoms with Crippen LogP contribution in [-0.4, -0.2) is 29.0 Å². The standard InChI is InChI=1S/C11H21N3O2/c1-8(5-7-14-9(2)12)4-6-11(3,13)10(15)16/h5H,4,6-7,13H2,1-3H3,(H2,12,14)(H,15,16)/b8-5-/t11-/m1/s1. The highest BCUT2D eigenvalue weighted by atomic mass is 16.4. The summed E-state index contributed by atoms with van der Waals surface area (Å²) in [4.78, 5) is 14.8. The van der Waals surface area contributed by atoms with Crippen molar-refractivity contribution in [2.24, 2.45) is 16.5 Å². The maximum atomic E-state index is 10.8. The Morgan fingerprint density at radius 1 is 1.50 bits per heavy atom. The van der Waals surface area contributed by atoms with Crippen molar-refractivity contribution >= 4 is 11.8 Å². The third-order valence-corrected chi connectivity index (χ3v) is 2.31. The largest absolute Gasteiger partial charge is 0.480 e. The van der Waals surface area contributed by atoms with Gasteiger partial charge in [-0.1, -0.05) is 11.6 Å². The minimum atomic E-state index is -1.16. The first-order chi connectivity index (χ1) is 7.25. The molecule has 0 aromatic heterocycles. The van der Waals surface area contributed by atoms with Gasteiger partial charge in [0.1, 0.15) is 5.54 Å². The van der Waals surface area contributed by atoms with Crippen LogP contribution in [-0.2, 0) is 4.79 Å². The fourth-order valence-corrected chi connectivity index (χ4v) is 1.01. The van der Waals surface area contributed by atoms with E-state index in [-0.39, 0.29) is 0 Å². The summed E-state index contributed by atoms with van der Waals surface area (Å²) < 4.78 is 0. The van der Waals surface area contributed by atoms with Crippen LogP contribution in [0, 0.1) is 0 Å². The van der Waals surface area contributed by atoms with Crippen molar-refractivity contribution in [1.29, 1.82) is 0 Å². The van der Waals surface area contributed by atoms with Crippen LogP contribution in [0.5, 0.6) is 0 Å². The number of carbonyl (C=O) groups is 1. The minimum Gasteiger partial charge on any atom is -0.480 e. The van der Waals surface area contributed by atoms with Gasteiger partial charge < -0.3 is 16.6 Å². The van der Waals surface area contributed by atoms with Crippen molar-refractivity contribution in [3.05, 3.63) is 11.6 Å². The van der Waals surface area contributed by atoms with Crippen LogP contribution in [0.2, 0.25) is 0 Å². The van der Waals surface area contributed by atoms with Gasteiger partial charge in [-0.3, -0.25) is 9.79 Å². The topological polar surface area (TPSA) is 102 Å². The predicted octanol–water partition coefficient (Wildman–Crippen LogP) is 0.892. The van der Waals surface area contributed by atoms with E-state index < -0.39 is 11.5 Å². The van der Waals surface area contributed by atoms with Gasteiger partial charge in [0.15, 0.2) is 0 Å². The highest BCUT2D eigenvalue weighted by Gasteiger charge is 2.26. The van der Waals surface area contributed by atoms with Crippen molar-refractivity contribution in [2.45, 2.75) is 39.2 Å². The van der Waals surface area contributed by atoms with Crippen LogP contribution in [0.15, 0.2) is 16.6 Å². The number of carboxylic acids is 1. The van der Waals surface area contributed by atoms with Gasteiger partial charge in [0, 0.05) is 0 Å². The number of aliphatic imine (C=N–C) groups is 1. The van der Waals surface area contributed by atoms with Gasteiger partial charge in [-0.05, 0) is 33.6 Å². The lowest BCUT2D eigenvalue weighted by molar-refractivity contribution is -0.142. The van der Waals surface area contributed by atoms with Gasteiger partial charge >= 0.3 is 5.97 Å². The third kappa shape index (κ3) is 6.19. The Balaban J connectivity index is 4.12. The number of nitrogens with two attached hydrogens (primary N) is 2. The van der Waals surface area contributed by atoms with Gasteiger partial charge in [0.25, 0.3) is 0 Å². The Morgan fingerprint density at radius 2 is 2.06 bits per heavy atom. The zero-order chi connectivity index (χ0) is 12.8. The molecule has 5 N–H and O–H groups in total. The zero-order valence-electron chi connectivity index (χ0n) is 10.2. The highest BCUT2D eigenvalue weighted by Crippen LogP contribution is 2.13. The van der Waals surface area contributed by atoms with Gasteiger partial charge in [-0.15, -0.1) is 0 Å². The van der Waals surface area contributed by atoms with Crippen LogP contribution >= 0.6 is 0 Å². The molecule has 0 unspecified atom stereocenters. The molecular formula is C11H21N3O2. The second-order valence-electron chi connectivity index (χ2n) is 4.26. The first-order valence-corrected chi connectivity index (χ1v) is 5.20. The summed E-state index contributed by atoms with van der Waals surface area (Å²) >= 11 is 0. The molecule has 0 radical (unpaired) electrons. The molecule has 0 saturated heterocycles. The quantitative estimate of drug-likeness (QED) is 0.356. The Labute approximate surface area is 96.2 Å². The molecule has 5 heteroatoms. The molecule has 92 valence electrons. The molecule has 0 aliphatic carbocycles. The van der Waals surface area contributed by atoms with E-state index in [4.69, 9.17) is 16.6 Å². The smallest absolute Gasteiger partial charge is 0.323 e. The fraction of sp³-hybridized carbons (Fsp3) is 0.636. The molecular weight excluding hydrogens is 206 g/mol. The maximum Gasteiger partial charge on any atom is 0.323 e. The average Bonchev–Trinajstić information content (AvgIpc) is 2.14. The molecule has 0 aliphatic rings. The number of hydrogen-bond acceptors (Lipinski definition) is 3. The van der Waals surface area contributed by atoms with E-state index >= 15 is 0 Å². The van der Waals surface area contributed by atoms with Gasteiger partial charge in [-0.2, -0.15) is 0 Å². The van der Waals surface area contributed by atoms with Gasteiger partial charge in [0.2, 0.25) is 0 Å². The summed E-state index contributed by atoms with van der Waals surface area (Å²) in [7, 11) is 0. The van der Waals surface area contributed by atoms with Crippen LogP contribution in [0.1, 0.15) is 33.6 Å². The molecule has 16 heavy (non-hydrogen) atoms. The molecule has 0 bridgehead atoms. The van der Waals surface area contributed by atoms with E-state index in [0.717, 1.165) is 5.57 Å². The van der Waals surface area contributed by atoms with E-state index in [9.17, 15) is 4.79 Å². The SMILES string of the molecule is CC(N)=NC/C=C(/C)CC[C@@](C)(N)C(=O)O. The zero-order valence-corrected chi connectivity index (χ0v) is 10.2. The molecule has 0 aromatic carbocycles. The Morgan fingerprint density at radius 3 is 2.50 bits per heavy atom. The van der Waals surface area contributed by atoms with Crippen LogP contribution in [0.3, 0.4) is 0 Å². The number of hydrogen-bond donors (Lipinski definition) is 3. The van der Waals surface area contributed by atoms with Gasteiger partial charge in [0.05, 0.1) is 12.4 Å². The second-order valence-corrected chi connectivity index (χ2v) is 4.26. The van der Waals surface area contributed by atoms with Crippen molar-refractivity contribution in [3.63, 3.8) is 0 Å². The molecule has 0 aromatic rings. The van der Waals surface area contributed by atoms with Crippen LogP contribution < -0.4 is 11.5 Å². The first kappa shape index (κ1) is 14.6. The number of allylic oxidation sites excluding steroid dienone is 1. The molecule has 0 heterocycles. The lowest BCUT2D eigenvalue weighted by atomic mass is 9.95. The van der Waals surface area contributed by atoms with E-state index in [2.05, 4.69) is 4.99 Å². The van der Waals surface area contributed by atoms with Crippen LogP contribution in [0.25, 0.3) is 0 Å². The summed E-state index contributed by atoms with van der Waals surface area (Å²) in [5.74, 6) is -0.436. The molecule has 0 amide bonds. The Bertz CT molecular complexity index is 302. The molecule has 0 rings (SSSR count). The predicted molar refractivity (Wildman–Crippen MR) is 65.4 cm³/mol. The van der Waals surface area contributed by atoms with Crippen molar-refractivity contribution in [2.75, 3.05) is 6.54 Å². The van der Waals surface area contributed by atoms with Crippen molar-refractivity contribution in [3.8, 4) is 0 Å². The highest BCUT2D eigenvalue weighted by molar-refractivity contribution is 5.78. The average molecular weight is 227 g/mol. The van der Waals surface area contributed by atoms with E-state index in [1.807, 2.05) is 13.0 Å². The lowest BCUT2D eigenvalue weighted by Gasteiger charge is -2.18. The number of rotatable bonds is 6. The van der Waals surface area contributed by atoms with Gasteiger partial charge in [-0.25, -0.2) is 0 Å². The molecule has 0 fully saturated rings. The first-order valence-electron chi connectivity index (χ1n) is 5.20. The van der Waals surface area contributed by atoms with E-state index in [0.29, 0.717) is 25.2 Å². The Kier molecular flexibility index (Phi) is 5.74. The molecule has 0 aliphatic heterocycles. The lowest BCUT2D eigenvalue weighted by Crippen LogP contribution is -2.44. The summed E-state index contributed by atoms with van der Waals surface area (Å²) in [5.41, 5.74) is 10.9. The summed E-state index contributed by atoms with van der Waals surface area (Å²) in [5, 5.41) is 8.82. The molecule has 0 spiro atoms. The second kappa shape index (κ2) is 6.27. The maximum absolute atomic E-state index is 10.8. The normalized spacial score (nSPS) is 17.0. The third-order valence-electron chi connectivity index (χ3n) is 2.31. The van der Waals surface area contributed by atoms with Crippen molar-refractivity contribution in [1.82, 2.24) is 0 Å². The number of amidine groups is 1. The molecule has 0 saturated carbocycles. The minimum absolute atomic E-state index is 0.413. The summed E-state index contributed by atoms with van der Waals surface area (Å²) in [6.45, 7) is 5.71. The Hall–Kier alpha value is -1.36. The summed E-state index contributed by atoms with van der Waals surface area (Å²) in [6.07, 6.45) is 2.99. The van der Waals surface area contributed by atoms with E-state index in [1.54, 1.807) is 6.92 Å². The summed E-state index contributed by atoms with van der Waals surface area (Å²) in [6, 6.07) is 0.